The molecule has 3 nitrogen and oxygen atoms in total. The van der Waals surface area contributed by atoms with Crippen LogP contribution in [0, 0.1) is 0 Å². The Kier molecular flexibility index (Phi) is 1.96. The molecule has 1 aromatic heterocycles. The maximum absolute atomic E-state index is 10.7. The van der Waals surface area contributed by atoms with Crippen LogP contribution in [0.2, 0.25) is 0 Å². The molecule has 0 atom stereocenters. The van der Waals surface area contributed by atoms with Crippen LogP contribution in [-0.4, -0.2) is 23.9 Å². The van der Waals surface area contributed by atoms with E-state index in [-0.39, 0.29) is 5.69 Å². The number of rotatable bonds is 1. The molecule has 2 aromatic rings. The smallest absolute Gasteiger partial charge is 0.354 e. The van der Waals surface area contributed by atoms with E-state index in [0.717, 1.165) is 5.39 Å². The minimum atomic E-state index is -1.05. The maximum Gasteiger partial charge on any atom is 0.354 e. The third-order valence-electron chi connectivity index (χ3n) is 1.97. The lowest BCUT2D eigenvalue weighted by atomic mass is 9.93. The summed E-state index contributed by atoms with van der Waals surface area (Å²) in [5.41, 5.74) is 1.04. The van der Waals surface area contributed by atoms with Gasteiger partial charge in [0.1, 0.15) is 13.5 Å². The van der Waals surface area contributed by atoms with E-state index in [9.17, 15) is 4.79 Å². The molecule has 2 radical (unpaired) electrons. The average Bonchev–Trinajstić information content (AvgIpc) is 2.18. The van der Waals surface area contributed by atoms with Gasteiger partial charge in [0, 0.05) is 0 Å². The van der Waals surface area contributed by atoms with Crippen LogP contribution in [0.4, 0.5) is 0 Å². The predicted molar refractivity (Wildman–Crippen MR) is 54.1 cm³/mol. The highest BCUT2D eigenvalue weighted by Gasteiger charge is 2.05. The van der Waals surface area contributed by atoms with E-state index in [1.54, 1.807) is 18.2 Å². The van der Waals surface area contributed by atoms with Crippen molar-refractivity contribution >= 4 is 30.2 Å². The number of fused-ring (bicyclic) bond motifs is 1. The van der Waals surface area contributed by atoms with E-state index in [2.05, 4.69) is 4.98 Å². The number of aromatic nitrogens is 1. The van der Waals surface area contributed by atoms with Crippen molar-refractivity contribution in [2.75, 3.05) is 0 Å². The van der Waals surface area contributed by atoms with Gasteiger partial charge >= 0.3 is 5.97 Å². The van der Waals surface area contributed by atoms with Crippen LogP contribution >= 0.6 is 0 Å². The van der Waals surface area contributed by atoms with Crippen molar-refractivity contribution in [2.45, 2.75) is 0 Å². The van der Waals surface area contributed by atoms with Gasteiger partial charge < -0.3 is 5.11 Å². The lowest BCUT2D eigenvalue weighted by Crippen LogP contribution is -2.08. The fraction of sp³-hybridized carbons (Fsp3) is 0. The van der Waals surface area contributed by atoms with Crippen LogP contribution in [0.15, 0.2) is 30.3 Å². The molecule has 0 bridgehead atoms. The van der Waals surface area contributed by atoms with Crippen LogP contribution in [0.3, 0.4) is 0 Å². The Balaban J connectivity index is 2.76. The zero-order valence-electron chi connectivity index (χ0n) is 7.27. The second-order valence-electron chi connectivity index (χ2n) is 2.92. The van der Waals surface area contributed by atoms with E-state index in [4.69, 9.17) is 13.0 Å². The molecule has 0 aliphatic carbocycles. The van der Waals surface area contributed by atoms with E-state index >= 15 is 0 Å². The number of pyridine rings is 1. The van der Waals surface area contributed by atoms with Crippen molar-refractivity contribution in [3.05, 3.63) is 36.0 Å². The molecule has 0 saturated carbocycles. The summed E-state index contributed by atoms with van der Waals surface area (Å²) in [6.45, 7) is 0. The summed E-state index contributed by atoms with van der Waals surface area (Å²) in [5.74, 6) is -1.05. The molecular weight excluding hydrogens is 177 g/mol. The first-order valence-corrected chi connectivity index (χ1v) is 4.07. The van der Waals surface area contributed by atoms with Gasteiger partial charge in [-0.05, 0) is 11.5 Å². The van der Waals surface area contributed by atoms with Gasteiger partial charge in [0.25, 0.3) is 0 Å². The van der Waals surface area contributed by atoms with Crippen molar-refractivity contribution in [2.24, 2.45) is 0 Å². The number of aromatic carboxylic acids is 1. The monoisotopic (exact) mass is 183 g/mol. The molecule has 2 rings (SSSR count). The first kappa shape index (κ1) is 8.75. The summed E-state index contributed by atoms with van der Waals surface area (Å²) in [7, 11) is 5.67. The second-order valence-corrected chi connectivity index (χ2v) is 2.92. The lowest BCUT2D eigenvalue weighted by Gasteiger charge is -2.01. The number of para-hydroxylation sites is 1. The van der Waals surface area contributed by atoms with Crippen LogP contribution in [0.5, 0.6) is 0 Å². The SMILES string of the molecule is [B]c1cccc2ccc(C(=O)O)nc12. The fourth-order valence-electron chi connectivity index (χ4n) is 1.29. The van der Waals surface area contributed by atoms with Gasteiger partial charge in [0.15, 0.2) is 0 Å². The highest BCUT2D eigenvalue weighted by Crippen LogP contribution is 2.09. The topological polar surface area (TPSA) is 50.2 Å². The number of benzene rings is 1. The van der Waals surface area contributed by atoms with Crippen molar-refractivity contribution < 1.29 is 9.90 Å². The van der Waals surface area contributed by atoms with Crippen molar-refractivity contribution in [1.82, 2.24) is 4.98 Å². The van der Waals surface area contributed by atoms with Crippen molar-refractivity contribution in [3.8, 4) is 0 Å². The van der Waals surface area contributed by atoms with Crippen LogP contribution in [0.25, 0.3) is 10.9 Å². The second kappa shape index (κ2) is 3.14. The number of carboxylic acid groups (broad SMARTS) is 1. The third-order valence-corrected chi connectivity index (χ3v) is 1.97. The summed E-state index contributed by atoms with van der Waals surface area (Å²) < 4.78 is 0. The van der Waals surface area contributed by atoms with Gasteiger partial charge in [-0.1, -0.05) is 29.7 Å². The Hall–Kier alpha value is -1.84. The Morgan fingerprint density at radius 1 is 1.29 bits per heavy atom. The van der Waals surface area contributed by atoms with Crippen molar-refractivity contribution in [1.29, 1.82) is 0 Å². The van der Waals surface area contributed by atoms with Crippen LogP contribution in [0.1, 0.15) is 10.5 Å². The Labute approximate surface area is 81.8 Å². The van der Waals surface area contributed by atoms with Gasteiger partial charge in [-0.3, -0.25) is 0 Å². The summed E-state index contributed by atoms with van der Waals surface area (Å²) in [4.78, 5) is 14.6. The summed E-state index contributed by atoms with van der Waals surface area (Å²) in [5, 5.41) is 9.57. The molecule has 1 N–H and O–H groups in total. The molecule has 0 unspecified atom stereocenters. The Morgan fingerprint density at radius 3 is 2.79 bits per heavy atom. The number of hydrogen-bond donors (Lipinski definition) is 1. The third kappa shape index (κ3) is 1.35. The van der Waals surface area contributed by atoms with Gasteiger partial charge in [-0.25, -0.2) is 9.78 Å². The summed E-state index contributed by atoms with van der Waals surface area (Å²) in [6.07, 6.45) is 0. The molecular formula is C10H6BNO2. The first-order chi connectivity index (χ1) is 6.68. The number of nitrogens with zero attached hydrogens (tertiary/aromatic N) is 1. The average molecular weight is 183 g/mol. The molecule has 66 valence electrons. The number of carboxylic acids is 1. The Morgan fingerprint density at radius 2 is 2.07 bits per heavy atom. The molecule has 1 heterocycles. The zero-order chi connectivity index (χ0) is 10.1. The minimum absolute atomic E-state index is 0.00963. The van der Waals surface area contributed by atoms with Gasteiger partial charge in [-0.15, -0.1) is 0 Å². The highest BCUT2D eigenvalue weighted by atomic mass is 16.4. The number of carbonyl (C=O) groups is 1. The van der Waals surface area contributed by atoms with E-state index in [1.165, 1.54) is 6.07 Å². The lowest BCUT2D eigenvalue weighted by molar-refractivity contribution is 0.0691. The predicted octanol–water partition coefficient (Wildman–Crippen LogP) is 0.727. The van der Waals surface area contributed by atoms with Gasteiger partial charge in [0.2, 0.25) is 0 Å². The van der Waals surface area contributed by atoms with Crippen LogP contribution in [-0.2, 0) is 0 Å². The Bertz CT molecular complexity index is 510. The normalized spacial score (nSPS) is 10.3. The molecule has 14 heavy (non-hydrogen) atoms. The zero-order valence-corrected chi connectivity index (χ0v) is 7.27. The van der Waals surface area contributed by atoms with Gasteiger partial charge in [-0.2, -0.15) is 0 Å². The minimum Gasteiger partial charge on any atom is -0.477 e. The van der Waals surface area contributed by atoms with Gasteiger partial charge in [0.05, 0.1) is 5.52 Å². The molecule has 0 spiro atoms. The molecule has 0 saturated heterocycles. The quantitative estimate of drug-likeness (QED) is 0.662. The van der Waals surface area contributed by atoms with Crippen molar-refractivity contribution in [3.63, 3.8) is 0 Å². The summed E-state index contributed by atoms with van der Waals surface area (Å²) in [6, 6.07) is 8.50. The molecule has 4 heteroatoms. The molecule has 0 fully saturated rings. The molecule has 0 aliphatic rings. The standard InChI is InChI=1S/C10H6BNO2/c11-7-3-1-2-6-4-5-8(10(13)14)12-9(6)7/h1-5H,(H,13,14). The summed E-state index contributed by atoms with van der Waals surface area (Å²) >= 11 is 0. The van der Waals surface area contributed by atoms with E-state index in [0.29, 0.717) is 11.0 Å². The number of hydrogen-bond acceptors (Lipinski definition) is 2. The maximum atomic E-state index is 10.7. The van der Waals surface area contributed by atoms with E-state index in [1.807, 2.05) is 6.07 Å². The highest BCUT2D eigenvalue weighted by molar-refractivity contribution is 6.38. The molecule has 0 amide bonds. The first-order valence-electron chi connectivity index (χ1n) is 4.07. The largest absolute Gasteiger partial charge is 0.477 e. The molecule has 0 aliphatic heterocycles. The fourth-order valence-corrected chi connectivity index (χ4v) is 1.29. The molecule has 1 aromatic carbocycles. The van der Waals surface area contributed by atoms with Crippen LogP contribution < -0.4 is 5.46 Å². The van der Waals surface area contributed by atoms with E-state index < -0.39 is 5.97 Å².